The number of aromatic nitrogens is 1. The van der Waals surface area contributed by atoms with E-state index in [-0.39, 0.29) is 11.6 Å². The highest BCUT2D eigenvalue weighted by Crippen LogP contribution is 2.18. The van der Waals surface area contributed by atoms with Gasteiger partial charge in [0, 0.05) is 43.1 Å². The quantitative estimate of drug-likeness (QED) is 0.366. The lowest BCUT2D eigenvalue weighted by atomic mass is 10.1. The van der Waals surface area contributed by atoms with E-state index in [0.29, 0.717) is 38.4 Å². The van der Waals surface area contributed by atoms with Crippen LogP contribution in [0.1, 0.15) is 24.8 Å². The molecule has 148 valence electrons. The van der Waals surface area contributed by atoms with Crippen LogP contribution in [0, 0.1) is 10.1 Å². The van der Waals surface area contributed by atoms with Gasteiger partial charge in [0.1, 0.15) is 12.0 Å². The maximum Gasteiger partial charge on any atom is 0.287 e. The number of rotatable bonds is 7. The third kappa shape index (κ3) is 5.51. The summed E-state index contributed by atoms with van der Waals surface area (Å²) in [7, 11) is 0. The number of nitrogens with zero attached hydrogens (tertiary/aromatic N) is 4. The Kier molecular flexibility index (Phi) is 6.97. The molecule has 1 amide bonds. The topological polar surface area (TPSA) is 79.6 Å². The maximum atomic E-state index is 12.4. The number of benzene rings is 1. The molecule has 0 radical (unpaired) electrons. The average Bonchev–Trinajstić information content (AvgIpc) is 2.72. The summed E-state index contributed by atoms with van der Waals surface area (Å²) in [6.45, 7) is 2.69. The molecule has 1 aliphatic rings. The minimum absolute atomic E-state index is 0.0132. The van der Waals surface area contributed by atoms with Gasteiger partial charge in [0.2, 0.25) is 5.91 Å². The number of carbonyl (C=O) groups is 1. The van der Waals surface area contributed by atoms with E-state index in [9.17, 15) is 14.9 Å². The number of amides is 1. The summed E-state index contributed by atoms with van der Waals surface area (Å²) in [6, 6.07) is 11.4. The lowest BCUT2D eigenvalue weighted by Gasteiger charge is -2.35. The molecule has 2 heterocycles. The Labute approximate surface area is 172 Å². The highest BCUT2D eigenvalue weighted by Gasteiger charge is 2.21. The molecule has 1 saturated heterocycles. The molecule has 1 aliphatic heterocycles. The molecule has 1 aromatic heterocycles. The Morgan fingerprint density at radius 3 is 2.39 bits per heavy atom. The van der Waals surface area contributed by atoms with Crippen molar-refractivity contribution in [3.8, 4) is 0 Å². The maximum absolute atomic E-state index is 12.4. The SMILES string of the molecule is O=C(CCCCc1ccc(Br)cc1)N1CCN(c2ccc([N+](=O)[O-])cn2)CC1. The highest BCUT2D eigenvalue weighted by molar-refractivity contribution is 9.10. The zero-order chi connectivity index (χ0) is 19.9. The van der Waals surface area contributed by atoms with Gasteiger partial charge in [-0.2, -0.15) is 0 Å². The predicted molar refractivity (Wildman–Crippen MR) is 111 cm³/mol. The molecular weight excluding hydrogens is 424 g/mol. The van der Waals surface area contributed by atoms with Crippen molar-refractivity contribution in [2.24, 2.45) is 0 Å². The number of pyridine rings is 1. The number of hydrogen-bond acceptors (Lipinski definition) is 5. The first-order chi connectivity index (χ1) is 13.5. The summed E-state index contributed by atoms with van der Waals surface area (Å²) in [6.07, 6.45) is 4.73. The van der Waals surface area contributed by atoms with Crippen LogP contribution < -0.4 is 4.90 Å². The molecule has 0 aliphatic carbocycles. The molecular formula is C20H23BrN4O3. The lowest BCUT2D eigenvalue weighted by Crippen LogP contribution is -2.49. The van der Waals surface area contributed by atoms with Gasteiger partial charge in [0.15, 0.2) is 0 Å². The van der Waals surface area contributed by atoms with Gasteiger partial charge < -0.3 is 9.80 Å². The predicted octanol–water partition coefficient (Wildman–Crippen LogP) is 3.81. The zero-order valence-electron chi connectivity index (χ0n) is 15.6. The number of unbranched alkanes of at least 4 members (excludes halogenated alkanes) is 1. The van der Waals surface area contributed by atoms with Gasteiger partial charge in [-0.3, -0.25) is 14.9 Å². The fourth-order valence-corrected chi connectivity index (χ4v) is 3.54. The fraction of sp³-hybridized carbons (Fsp3) is 0.400. The van der Waals surface area contributed by atoms with Crippen molar-refractivity contribution < 1.29 is 9.72 Å². The van der Waals surface area contributed by atoms with Crippen molar-refractivity contribution in [1.82, 2.24) is 9.88 Å². The second-order valence-corrected chi connectivity index (χ2v) is 7.75. The van der Waals surface area contributed by atoms with Crippen LogP contribution in [0.5, 0.6) is 0 Å². The van der Waals surface area contributed by atoms with E-state index in [1.165, 1.54) is 17.8 Å². The van der Waals surface area contributed by atoms with Gasteiger partial charge in [0.05, 0.1) is 4.92 Å². The fourth-order valence-electron chi connectivity index (χ4n) is 3.27. The Balaban J connectivity index is 1.38. The first-order valence-electron chi connectivity index (χ1n) is 9.40. The monoisotopic (exact) mass is 446 g/mol. The first-order valence-corrected chi connectivity index (χ1v) is 10.2. The normalized spacial score (nSPS) is 14.2. The molecule has 3 rings (SSSR count). The molecule has 28 heavy (non-hydrogen) atoms. The second kappa shape index (κ2) is 9.64. The Morgan fingerprint density at radius 2 is 1.79 bits per heavy atom. The molecule has 1 fully saturated rings. The third-order valence-electron chi connectivity index (χ3n) is 4.92. The number of hydrogen-bond donors (Lipinski definition) is 0. The second-order valence-electron chi connectivity index (χ2n) is 6.83. The van der Waals surface area contributed by atoms with Crippen molar-refractivity contribution in [3.63, 3.8) is 0 Å². The van der Waals surface area contributed by atoms with Gasteiger partial charge in [-0.25, -0.2) is 4.98 Å². The Morgan fingerprint density at radius 1 is 1.07 bits per heavy atom. The van der Waals surface area contributed by atoms with E-state index in [0.717, 1.165) is 23.7 Å². The largest absolute Gasteiger partial charge is 0.353 e. The Bertz CT molecular complexity index is 803. The zero-order valence-corrected chi connectivity index (χ0v) is 17.2. The number of nitro groups is 1. The molecule has 0 saturated carbocycles. The van der Waals surface area contributed by atoms with Crippen molar-refractivity contribution >= 4 is 33.3 Å². The highest BCUT2D eigenvalue weighted by atomic mass is 79.9. The van der Waals surface area contributed by atoms with Crippen LogP contribution in [0.25, 0.3) is 0 Å². The van der Waals surface area contributed by atoms with E-state index >= 15 is 0 Å². The molecule has 0 unspecified atom stereocenters. The molecule has 0 N–H and O–H groups in total. The number of piperazine rings is 1. The molecule has 2 aromatic rings. The van der Waals surface area contributed by atoms with Crippen LogP contribution in [0.3, 0.4) is 0 Å². The number of aryl methyl sites for hydroxylation is 1. The first kappa shape index (κ1) is 20.3. The van der Waals surface area contributed by atoms with Gasteiger partial charge in [0.25, 0.3) is 5.69 Å². The van der Waals surface area contributed by atoms with Crippen LogP contribution in [0.2, 0.25) is 0 Å². The van der Waals surface area contributed by atoms with Crippen LogP contribution in [0.4, 0.5) is 11.5 Å². The smallest absolute Gasteiger partial charge is 0.287 e. The standard InChI is InChI=1S/C20H23BrN4O3/c21-17-7-5-16(6-8-17)3-1-2-4-20(26)24-13-11-23(12-14-24)19-10-9-18(15-22-19)25(27)28/h5-10,15H,1-4,11-14H2. The van der Waals surface area contributed by atoms with Crippen molar-refractivity contribution in [2.75, 3.05) is 31.1 Å². The summed E-state index contributed by atoms with van der Waals surface area (Å²) in [5.41, 5.74) is 1.28. The van der Waals surface area contributed by atoms with E-state index in [1.807, 2.05) is 17.0 Å². The summed E-state index contributed by atoms with van der Waals surface area (Å²) in [4.78, 5) is 30.8. The molecule has 1 aromatic carbocycles. The Hall–Kier alpha value is -2.48. The van der Waals surface area contributed by atoms with Crippen molar-refractivity contribution in [3.05, 3.63) is 62.7 Å². The molecule has 0 atom stereocenters. The minimum atomic E-state index is -0.454. The molecule has 0 bridgehead atoms. The number of halogens is 1. The van der Waals surface area contributed by atoms with Crippen molar-refractivity contribution in [2.45, 2.75) is 25.7 Å². The molecule has 0 spiro atoms. The number of carbonyl (C=O) groups excluding carboxylic acids is 1. The van der Waals surface area contributed by atoms with Gasteiger partial charge >= 0.3 is 0 Å². The van der Waals surface area contributed by atoms with Crippen LogP contribution in [-0.2, 0) is 11.2 Å². The van der Waals surface area contributed by atoms with Gasteiger partial charge in [-0.05, 0) is 43.0 Å². The summed E-state index contributed by atoms with van der Waals surface area (Å²) >= 11 is 3.43. The molecule has 8 heteroatoms. The lowest BCUT2D eigenvalue weighted by molar-refractivity contribution is -0.385. The summed E-state index contributed by atoms with van der Waals surface area (Å²) < 4.78 is 1.08. The van der Waals surface area contributed by atoms with Crippen LogP contribution in [-0.4, -0.2) is 46.9 Å². The minimum Gasteiger partial charge on any atom is -0.353 e. The van der Waals surface area contributed by atoms with Crippen molar-refractivity contribution in [1.29, 1.82) is 0 Å². The number of anilines is 1. The van der Waals surface area contributed by atoms with E-state index in [4.69, 9.17) is 0 Å². The van der Waals surface area contributed by atoms with E-state index in [2.05, 4.69) is 37.9 Å². The van der Waals surface area contributed by atoms with Gasteiger partial charge in [-0.15, -0.1) is 0 Å². The van der Waals surface area contributed by atoms with E-state index < -0.39 is 4.92 Å². The van der Waals surface area contributed by atoms with Crippen LogP contribution in [0.15, 0.2) is 47.1 Å². The summed E-state index contributed by atoms with van der Waals surface area (Å²) in [5, 5.41) is 10.7. The summed E-state index contributed by atoms with van der Waals surface area (Å²) in [5.74, 6) is 0.916. The van der Waals surface area contributed by atoms with Crippen LogP contribution >= 0.6 is 15.9 Å². The molecule has 7 nitrogen and oxygen atoms in total. The van der Waals surface area contributed by atoms with Gasteiger partial charge in [-0.1, -0.05) is 28.1 Å². The van der Waals surface area contributed by atoms with E-state index in [1.54, 1.807) is 6.07 Å². The third-order valence-corrected chi connectivity index (χ3v) is 5.45. The average molecular weight is 447 g/mol.